The Balaban J connectivity index is 1.49. The van der Waals surface area contributed by atoms with Crippen LogP contribution in [-0.2, 0) is 12.0 Å². The lowest BCUT2D eigenvalue weighted by Crippen LogP contribution is -2.45. The van der Waals surface area contributed by atoms with E-state index < -0.39 is 5.60 Å². The van der Waals surface area contributed by atoms with Gasteiger partial charge in [0.25, 0.3) is 0 Å². The number of furan rings is 1. The lowest BCUT2D eigenvalue weighted by Gasteiger charge is -2.25. The highest BCUT2D eigenvalue weighted by Crippen LogP contribution is 2.32. The van der Waals surface area contributed by atoms with E-state index in [0.717, 1.165) is 17.7 Å². The van der Waals surface area contributed by atoms with Crippen molar-refractivity contribution in [1.82, 2.24) is 10.6 Å². The van der Waals surface area contributed by atoms with Gasteiger partial charge in [0.2, 0.25) is 0 Å². The second-order valence-corrected chi connectivity index (χ2v) is 6.96. The average molecular weight is 370 g/mol. The maximum Gasteiger partial charge on any atom is 0.314 e. The van der Waals surface area contributed by atoms with E-state index in [1.807, 2.05) is 35.7 Å². The molecule has 0 aliphatic carbocycles. The quantitative estimate of drug-likeness (QED) is 0.531. The summed E-state index contributed by atoms with van der Waals surface area (Å²) in [7, 11) is 0. The lowest BCUT2D eigenvalue weighted by molar-refractivity contribution is 0.0623. The Morgan fingerprint density at radius 3 is 2.62 bits per heavy atom. The van der Waals surface area contributed by atoms with Crippen molar-refractivity contribution >= 4 is 17.4 Å². The van der Waals surface area contributed by atoms with Crippen LogP contribution in [0.15, 0.2) is 70.7 Å². The number of hydrogen-bond acceptors (Lipinski definition) is 4. The van der Waals surface area contributed by atoms with Gasteiger partial charge in [0.15, 0.2) is 5.60 Å². The number of thiophene rings is 1. The van der Waals surface area contributed by atoms with Gasteiger partial charge < -0.3 is 20.2 Å². The molecule has 1 atom stereocenters. The Morgan fingerprint density at radius 2 is 1.92 bits per heavy atom. The van der Waals surface area contributed by atoms with Crippen LogP contribution in [0.2, 0.25) is 0 Å². The van der Waals surface area contributed by atoms with Crippen molar-refractivity contribution in [3.63, 3.8) is 0 Å². The molecule has 5 nitrogen and oxygen atoms in total. The minimum absolute atomic E-state index is 0.0333. The summed E-state index contributed by atoms with van der Waals surface area (Å²) < 4.78 is 5.39. The molecule has 0 saturated heterocycles. The summed E-state index contributed by atoms with van der Waals surface area (Å²) in [6.07, 6.45) is 3.27. The minimum atomic E-state index is -1.38. The molecule has 3 aromatic rings. The van der Waals surface area contributed by atoms with E-state index in [1.165, 1.54) is 23.2 Å². The first-order chi connectivity index (χ1) is 12.7. The summed E-state index contributed by atoms with van der Waals surface area (Å²) in [5, 5.41) is 18.5. The van der Waals surface area contributed by atoms with Gasteiger partial charge in [0, 0.05) is 11.4 Å². The number of urea groups is 1. The normalized spacial score (nSPS) is 13.1. The fraction of sp³-hybridized carbons (Fsp3) is 0.250. The van der Waals surface area contributed by atoms with Crippen LogP contribution in [0, 0.1) is 0 Å². The van der Waals surface area contributed by atoms with Gasteiger partial charge in [-0.1, -0.05) is 36.4 Å². The molecule has 26 heavy (non-hydrogen) atoms. The average Bonchev–Trinajstić information content (AvgIpc) is 3.38. The zero-order valence-corrected chi connectivity index (χ0v) is 15.2. The maximum atomic E-state index is 12.1. The van der Waals surface area contributed by atoms with E-state index in [9.17, 15) is 9.90 Å². The number of nitrogens with one attached hydrogen (secondary N) is 2. The third kappa shape index (κ3) is 4.53. The number of amides is 2. The highest BCUT2D eigenvalue weighted by atomic mass is 32.1. The van der Waals surface area contributed by atoms with Gasteiger partial charge in [-0.05, 0) is 42.0 Å². The van der Waals surface area contributed by atoms with Gasteiger partial charge in [-0.15, -0.1) is 11.3 Å². The van der Waals surface area contributed by atoms with E-state index in [4.69, 9.17) is 4.42 Å². The van der Waals surface area contributed by atoms with E-state index in [1.54, 1.807) is 12.1 Å². The second kappa shape index (κ2) is 8.69. The Labute approximate surface area is 156 Å². The standard InChI is InChI=1S/C20H22N2O3S/c23-19(21-12-4-9-16-7-2-1-3-8-16)22-15-20(24,17-10-5-13-25-17)18-11-6-14-26-18/h1-3,5-8,10-11,13-14,24H,4,9,12,15H2,(H2,21,22,23). The molecule has 1 aromatic carbocycles. The molecule has 0 aliphatic heterocycles. The highest BCUT2D eigenvalue weighted by Gasteiger charge is 2.36. The first-order valence-electron chi connectivity index (χ1n) is 8.54. The summed E-state index contributed by atoms with van der Waals surface area (Å²) in [6.45, 7) is 0.602. The molecule has 0 radical (unpaired) electrons. The zero-order valence-electron chi connectivity index (χ0n) is 14.4. The van der Waals surface area contributed by atoms with Crippen LogP contribution in [0.25, 0.3) is 0 Å². The molecule has 0 aliphatic rings. The number of carbonyl (C=O) groups excluding carboxylic acids is 1. The molecule has 2 amide bonds. The van der Waals surface area contributed by atoms with Crippen LogP contribution >= 0.6 is 11.3 Å². The van der Waals surface area contributed by atoms with Crippen molar-refractivity contribution in [2.75, 3.05) is 13.1 Å². The Morgan fingerprint density at radius 1 is 1.08 bits per heavy atom. The second-order valence-electron chi connectivity index (χ2n) is 6.01. The predicted octanol–water partition coefficient (Wildman–Crippen LogP) is 3.51. The fourth-order valence-corrected chi connectivity index (χ4v) is 3.56. The zero-order chi connectivity index (χ0) is 18.2. The molecule has 0 saturated carbocycles. The smallest absolute Gasteiger partial charge is 0.314 e. The first-order valence-corrected chi connectivity index (χ1v) is 9.42. The third-order valence-electron chi connectivity index (χ3n) is 4.13. The van der Waals surface area contributed by atoms with E-state index in [0.29, 0.717) is 12.3 Å². The molecule has 2 heterocycles. The molecule has 0 spiro atoms. The number of rotatable bonds is 8. The Bertz CT molecular complexity index is 752. The molecule has 1 unspecified atom stereocenters. The molecular weight excluding hydrogens is 348 g/mol. The molecule has 2 aromatic heterocycles. The Kier molecular flexibility index (Phi) is 6.09. The fourth-order valence-electron chi connectivity index (χ4n) is 2.73. The predicted molar refractivity (Wildman–Crippen MR) is 102 cm³/mol. The Hall–Kier alpha value is -2.57. The van der Waals surface area contributed by atoms with Gasteiger partial charge in [0.1, 0.15) is 5.76 Å². The van der Waals surface area contributed by atoms with Crippen molar-refractivity contribution in [3.05, 3.63) is 82.4 Å². The highest BCUT2D eigenvalue weighted by molar-refractivity contribution is 7.10. The monoisotopic (exact) mass is 370 g/mol. The molecule has 136 valence electrons. The van der Waals surface area contributed by atoms with Crippen molar-refractivity contribution in [3.8, 4) is 0 Å². The SMILES string of the molecule is O=C(NCCCc1ccccc1)NCC(O)(c1ccco1)c1cccs1. The summed E-state index contributed by atoms with van der Waals surface area (Å²) in [4.78, 5) is 12.8. The van der Waals surface area contributed by atoms with E-state index in [-0.39, 0.29) is 12.6 Å². The van der Waals surface area contributed by atoms with Crippen molar-refractivity contribution in [1.29, 1.82) is 0 Å². The van der Waals surface area contributed by atoms with Crippen molar-refractivity contribution in [2.45, 2.75) is 18.4 Å². The van der Waals surface area contributed by atoms with E-state index in [2.05, 4.69) is 22.8 Å². The summed E-state index contributed by atoms with van der Waals surface area (Å²) >= 11 is 1.42. The van der Waals surface area contributed by atoms with E-state index >= 15 is 0 Å². The van der Waals surface area contributed by atoms with Gasteiger partial charge in [-0.3, -0.25) is 0 Å². The maximum absolute atomic E-state index is 12.1. The minimum Gasteiger partial charge on any atom is -0.466 e. The van der Waals surface area contributed by atoms with Gasteiger partial charge in [-0.2, -0.15) is 0 Å². The number of carbonyl (C=O) groups is 1. The van der Waals surface area contributed by atoms with Gasteiger partial charge >= 0.3 is 6.03 Å². The first kappa shape index (κ1) is 18.2. The molecule has 6 heteroatoms. The molecule has 3 rings (SSSR count). The lowest BCUT2D eigenvalue weighted by atomic mass is 9.99. The number of benzene rings is 1. The number of aliphatic hydroxyl groups is 1. The van der Waals surface area contributed by atoms with Crippen molar-refractivity contribution in [2.24, 2.45) is 0 Å². The van der Waals surface area contributed by atoms with Crippen LogP contribution in [0.1, 0.15) is 22.6 Å². The largest absolute Gasteiger partial charge is 0.466 e. The van der Waals surface area contributed by atoms with Gasteiger partial charge in [0.05, 0.1) is 12.8 Å². The van der Waals surface area contributed by atoms with Crippen molar-refractivity contribution < 1.29 is 14.3 Å². The summed E-state index contributed by atoms with van der Waals surface area (Å²) in [5.74, 6) is 0.407. The topological polar surface area (TPSA) is 74.5 Å². The van der Waals surface area contributed by atoms with Crippen LogP contribution in [0.5, 0.6) is 0 Å². The van der Waals surface area contributed by atoms with Crippen LogP contribution < -0.4 is 10.6 Å². The third-order valence-corrected chi connectivity index (χ3v) is 5.15. The summed E-state index contributed by atoms with van der Waals surface area (Å²) in [6, 6.07) is 17.0. The van der Waals surface area contributed by atoms with Crippen LogP contribution in [-0.4, -0.2) is 24.2 Å². The molecular formula is C20H22N2O3S. The van der Waals surface area contributed by atoms with Gasteiger partial charge in [-0.25, -0.2) is 4.79 Å². The molecule has 3 N–H and O–H groups in total. The van der Waals surface area contributed by atoms with Crippen LogP contribution in [0.4, 0.5) is 4.79 Å². The summed E-state index contributed by atoms with van der Waals surface area (Å²) in [5.41, 5.74) is -0.126. The number of aryl methyl sites for hydroxylation is 1. The molecule has 0 bridgehead atoms. The van der Waals surface area contributed by atoms with Crippen LogP contribution in [0.3, 0.4) is 0 Å². The number of hydrogen-bond donors (Lipinski definition) is 3. The molecule has 0 fully saturated rings.